The van der Waals surface area contributed by atoms with E-state index in [1.807, 2.05) is 30.3 Å². The molecular weight excluding hydrogens is 484 g/mol. The molecule has 8 nitrogen and oxygen atoms in total. The van der Waals surface area contributed by atoms with Crippen LogP contribution < -0.4 is 5.32 Å². The molecule has 4 aromatic rings. The number of nitrogens with one attached hydrogen (secondary N) is 1. The molecule has 3 heterocycles. The van der Waals surface area contributed by atoms with Crippen molar-refractivity contribution in [1.29, 1.82) is 0 Å². The molecule has 1 aromatic carbocycles. The maximum atomic E-state index is 13.4. The number of thiophene rings is 1. The largest absolute Gasteiger partial charge is 0.480 e. The van der Waals surface area contributed by atoms with Crippen LogP contribution in [-0.2, 0) is 27.9 Å². The minimum Gasteiger partial charge on any atom is -0.480 e. The first kappa shape index (κ1) is 24.6. The Labute approximate surface area is 201 Å². The lowest BCUT2D eigenvalue weighted by molar-refractivity contribution is -0.134. The van der Waals surface area contributed by atoms with E-state index in [9.17, 15) is 13.2 Å². The van der Waals surface area contributed by atoms with Crippen molar-refractivity contribution in [3.05, 3.63) is 83.6 Å². The minimum absolute atomic E-state index is 0. The Balaban J connectivity index is 0.00000306. The van der Waals surface area contributed by atoms with E-state index in [2.05, 4.69) is 15.3 Å². The Morgan fingerprint density at radius 1 is 1.06 bits per heavy atom. The van der Waals surface area contributed by atoms with E-state index in [1.54, 1.807) is 35.6 Å². The van der Waals surface area contributed by atoms with Gasteiger partial charge in [-0.15, -0.1) is 23.7 Å². The van der Waals surface area contributed by atoms with Crippen LogP contribution in [0.25, 0.3) is 10.1 Å². The van der Waals surface area contributed by atoms with Gasteiger partial charge in [-0.2, -0.15) is 4.31 Å². The summed E-state index contributed by atoms with van der Waals surface area (Å²) in [4.78, 5) is 20.2. The van der Waals surface area contributed by atoms with Gasteiger partial charge in [-0.25, -0.2) is 13.4 Å². The number of fused-ring (bicyclic) bond motifs is 1. The lowest BCUT2D eigenvalue weighted by Gasteiger charge is -2.21. The molecule has 172 valence electrons. The van der Waals surface area contributed by atoms with Gasteiger partial charge in [0.1, 0.15) is 17.3 Å². The molecule has 33 heavy (non-hydrogen) atoms. The molecule has 3 aromatic heterocycles. The molecule has 0 amide bonds. The summed E-state index contributed by atoms with van der Waals surface area (Å²) in [7, 11) is -3.85. The van der Waals surface area contributed by atoms with Crippen LogP contribution in [0.15, 0.2) is 78.0 Å². The van der Waals surface area contributed by atoms with E-state index in [0.29, 0.717) is 11.5 Å². The van der Waals surface area contributed by atoms with E-state index in [-0.39, 0.29) is 36.9 Å². The van der Waals surface area contributed by atoms with E-state index >= 15 is 0 Å². The molecule has 0 radical (unpaired) electrons. The fourth-order valence-corrected chi connectivity index (χ4v) is 5.69. The van der Waals surface area contributed by atoms with Gasteiger partial charge < -0.3 is 10.4 Å². The van der Waals surface area contributed by atoms with Crippen molar-refractivity contribution in [2.45, 2.75) is 18.0 Å². The van der Waals surface area contributed by atoms with Crippen molar-refractivity contribution in [3.63, 3.8) is 0 Å². The third-order valence-electron chi connectivity index (χ3n) is 4.65. The summed E-state index contributed by atoms with van der Waals surface area (Å²) >= 11 is 1.54. The van der Waals surface area contributed by atoms with Gasteiger partial charge >= 0.3 is 5.97 Å². The summed E-state index contributed by atoms with van der Waals surface area (Å²) in [5.74, 6) is -0.645. The molecule has 0 aliphatic heterocycles. The number of nitrogens with zero attached hydrogens (tertiary/aromatic N) is 3. The number of rotatable bonds is 9. The molecule has 0 aliphatic rings. The summed E-state index contributed by atoms with van der Waals surface area (Å²) in [6.07, 6.45) is 2.85. The van der Waals surface area contributed by atoms with Crippen molar-refractivity contribution in [3.8, 4) is 0 Å². The molecule has 4 rings (SSSR count). The van der Waals surface area contributed by atoms with Crippen molar-refractivity contribution in [2.24, 2.45) is 0 Å². The Morgan fingerprint density at radius 2 is 1.88 bits per heavy atom. The highest BCUT2D eigenvalue weighted by molar-refractivity contribution is 7.89. The summed E-state index contributed by atoms with van der Waals surface area (Å²) in [6.45, 7) is -0.0883. The quantitative estimate of drug-likeness (QED) is 0.354. The lowest BCUT2D eigenvalue weighted by Crippen LogP contribution is -2.30. The molecule has 11 heteroatoms. The average molecular weight is 505 g/mol. The zero-order valence-corrected chi connectivity index (χ0v) is 19.7. The summed E-state index contributed by atoms with van der Waals surface area (Å²) < 4.78 is 29.3. The fourth-order valence-electron chi connectivity index (χ4n) is 3.18. The van der Waals surface area contributed by atoms with Gasteiger partial charge in [0.25, 0.3) is 0 Å². The number of pyridine rings is 2. The Morgan fingerprint density at radius 3 is 2.61 bits per heavy atom. The first-order chi connectivity index (χ1) is 15.4. The Hall–Kier alpha value is -3.05. The third-order valence-corrected chi connectivity index (χ3v) is 7.52. The number of carboxylic acid groups (broad SMARTS) is 1. The second kappa shape index (κ2) is 10.7. The predicted octanol–water partition coefficient (Wildman–Crippen LogP) is 4.00. The number of hydrogen-bond donors (Lipinski definition) is 2. The fraction of sp³-hybridized carbons (Fsp3) is 0.136. The van der Waals surface area contributed by atoms with Gasteiger partial charge in [-0.1, -0.05) is 24.3 Å². The molecule has 2 N–H and O–H groups in total. The number of carbonyl (C=O) groups is 1. The van der Waals surface area contributed by atoms with Crippen molar-refractivity contribution >= 4 is 55.6 Å². The molecule has 0 spiro atoms. The zero-order valence-electron chi connectivity index (χ0n) is 17.3. The van der Waals surface area contributed by atoms with Gasteiger partial charge in [0.2, 0.25) is 10.0 Å². The van der Waals surface area contributed by atoms with Gasteiger partial charge in [0.05, 0.1) is 12.2 Å². The maximum Gasteiger partial charge on any atom is 0.322 e. The van der Waals surface area contributed by atoms with Crippen LogP contribution in [0.5, 0.6) is 0 Å². The molecule has 0 aliphatic carbocycles. The number of anilines is 1. The van der Waals surface area contributed by atoms with Crippen LogP contribution in [0, 0.1) is 0 Å². The van der Waals surface area contributed by atoms with Crippen molar-refractivity contribution < 1.29 is 18.3 Å². The van der Waals surface area contributed by atoms with Gasteiger partial charge in [-0.05, 0) is 41.8 Å². The van der Waals surface area contributed by atoms with Crippen LogP contribution in [0.4, 0.5) is 5.82 Å². The number of sulfonamides is 1. The van der Waals surface area contributed by atoms with Crippen LogP contribution >= 0.6 is 23.7 Å². The van der Waals surface area contributed by atoms with E-state index in [1.165, 1.54) is 22.8 Å². The van der Waals surface area contributed by atoms with Crippen LogP contribution in [0.3, 0.4) is 0 Å². The number of aromatic nitrogens is 2. The van der Waals surface area contributed by atoms with Gasteiger partial charge in [0, 0.05) is 28.5 Å². The van der Waals surface area contributed by atoms with Gasteiger partial charge in [0.15, 0.2) is 0 Å². The minimum atomic E-state index is -3.85. The first-order valence-corrected chi connectivity index (χ1v) is 12.0. The monoisotopic (exact) mass is 504 g/mol. The molecule has 0 bridgehead atoms. The highest BCUT2D eigenvalue weighted by atomic mass is 35.5. The smallest absolute Gasteiger partial charge is 0.322 e. The summed E-state index contributed by atoms with van der Waals surface area (Å²) in [5.41, 5.74) is 0.494. The van der Waals surface area contributed by atoms with E-state index in [4.69, 9.17) is 5.11 Å². The number of halogens is 1. The van der Waals surface area contributed by atoms with Crippen molar-refractivity contribution in [1.82, 2.24) is 14.3 Å². The second-order valence-electron chi connectivity index (χ2n) is 6.97. The predicted molar refractivity (Wildman–Crippen MR) is 130 cm³/mol. The molecule has 0 fully saturated rings. The van der Waals surface area contributed by atoms with Crippen LogP contribution in [-0.4, -0.2) is 40.3 Å². The normalized spacial score (nSPS) is 11.3. The number of hydrogen-bond acceptors (Lipinski definition) is 7. The molecule has 0 atom stereocenters. The third kappa shape index (κ3) is 6.05. The lowest BCUT2D eigenvalue weighted by atomic mass is 10.2. The standard InChI is InChI=1S/C22H20N4O4S2.ClH/c27-22(28)13-24-21-9-3-6-17(25-21)14-26(32(29,30)19-7-4-10-23-12-19)15-18-11-16-5-1-2-8-20(16)31-18;/h1-12H,13-15H2,(H,24,25)(H,27,28);1H. The summed E-state index contributed by atoms with van der Waals surface area (Å²) in [5, 5.41) is 12.6. The number of benzene rings is 1. The molecule has 0 saturated carbocycles. The Bertz CT molecular complexity index is 1310. The maximum absolute atomic E-state index is 13.4. The van der Waals surface area contributed by atoms with Gasteiger partial charge in [-0.3, -0.25) is 9.78 Å². The van der Waals surface area contributed by atoms with Crippen LogP contribution in [0.1, 0.15) is 10.6 Å². The molecular formula is C22H21ClN4O4S2. The number of carboxylic acids is 1. The first-order valence-electron chi connectivity index (χ1n) is 9.71. The molecule has 0 saturated heterocycles. The zero-order chi connectivity index (χ0) is 22.6. The van der Waals surface area contributed by atoms with Crippen molar-refractivity contribution in [2.75, 3.05) is 11.9 Å². The topological polar surface area (TPSA) is 112 Å². The highest BCUT2D eigenvalue weighted by Crippen LogP contribution is 2.29. The van der Waals surface area contributed by atoms with E-state index in [0.717, 1.165) is 15.0 Å². The second-order valence-corrected chi connectivity index (χ2v) is 10.1. The SMILES string of the molecule is Cl.O=C(O)CNc1cccc(CN(Cc2cc3ccccc3s2)S(=O)(=O)c2cccnc2)n1. The highest BCUT2D eigenvalue weighted by Gasteiger charge is 2.26. The average Bonchev–Trinajstić information content (AvgIpc) is 3.21. The Kier molecular flexibility index (Phi) is 7.98. The molecule has 0 unspecified atom stereocenters. The van der Waals surface area contributed by atoms with E-state index < -0.39 is 16.0 Å². The number of aliphatic carboxylic acids is 1. The van der Waals surface area contributed by atoms with Crippen LogP contribution in [0.2, 0.25) is 0 Å². The summed E-state index contributed by atoms with van der Waals surface area (Å²) in [6, 6.07) is 18.0.